The number of amides is 1. The largest absolute Gasteiger partial charge is 0.325 e. The minimum absolute atomic E-state index is 0.0247. The van der Waals surface area contributed by atoms with Gasteiger partial charge in [0.05, 0.1) is 18.0 Å². The molecular weight excluding hydrogens is 264 g/mol. The van der Waals surface area contributed by atoms with Gasteiger partial charge in [0, 0.05) is 12.3 Å². The van der Waals surface area contributed by atoms with Crippen molar-refractivity contribution in [3.8, 4) is 0 Å². The van der Waals surface area contributed by atoms with Crippen molar-refractivity contribution >= 4 is 15.7 Å². The molecule has 0 radical (unpaired) electrons. The third-order valence-electron chi connectivity index (χ3n) is 3.53. The molecule has 0 aromatic heterocycles. The Morgan fingerprint density at radius 1 is 1.32 bits per heavy atom. The Morgan fingerprint density at radius 2 is 1.95 bits per heavy atom. The zero-order chi connectivity index (χ0) is 14.6. The van der Waals surface area contributed by atoms with Crippen LogP contribution in [0, 0.1) is 5.92 Å². The maximum absolute atomic E-state index is 12.3. The van der Waals surface area contributed by atoms with E-state index in [2.05, 4.69) is 19.2 Å². The zero-order valence-corrected chi connectivity index (χ0v) is 13.2. The first-order valence-corrected chi connectivity index (χ1v) is 8.89. The van der Waals surface area contributed by atoms with Crippen LogP contribution in [-0.4, -0.2) is 49.5 Å². The van der Waals surface area contributed by atoms with E-state index >= 15 is 0 Å². The van der Waals surface area contributed by atoms with Gasteiger partial charge in [0.1, 0.15) is 0 Å². The number of carbonyl (C=O) groups is 1. The predicted octanol–water partition coefficient (Wildman–Crippen LogP) is 1.00. The van der Waals surface area contributed by atoms with Crippen molar-refractivity contribution < 1.29 is 13.2 Å². The molecule has 1 aliphatic heterocycles. The van der Waals surface area contributed by atoms with Gasteiger partial charge in [-0.25, -0.2) is 8.42 Å². The summed E-state index contributed by atoms with van der Waals surface area (Å²) >= 11 is 0. The molecule has 2 unspecified atom stereocenters. The lowest BCUT2D eigenvalue weighted by Crippen LogP contribution is -2.39. The summed E-state index contributed by atoms with van der Waals surface area (Å²) in [6.45, 7) is 8.11. The molecule has 0 aromatic rings. The van der Waals surface area contributed by atoms with E-state index in [1.54, 1.807) is 11.8 Å². The van der Waals surface area contributed by atoms with E-state index in [-0.39, 0.29) is 29.6 Å². The van der Waals surface area contributed by atoms with Crippen molar-refractivity contribution in [1.82, 2.24) is 10.2 Å². The smallest absolute Gasteiger partial charge is 0.241 e. The monoisotopic (exact) mass is 290 g/mol. The molecule has 0 spiro atoms. The molecule has 1 saturated heterocycles. The summed E-state index contributed by atoms with van der Waals surface area (Å²) in [4.78, 5) is 14.0. The van der Waals surface area contributed by atoms with Crippen molar-refractivity contribution in [2.75, 3.05) is 18.1 Å². The van der Waals surface area contributed by atoms with E-state index < -0.39 is 9.84 Å². The minimum Gasteiger partial charge on any atom is -0.325 e. The van der Waals surface area contributed by atoms with E-state index in [0.29, 0.717) is 12.5 Å². The molecule has 2 atom stereocenters. The second kappa shape index (κ2) is 6.70. The van der Waals surface area contributed by atoms with Crippen LogP contribution in [0.1, 0.15) is 40.5 Å². The third-order valence-corrected chi connectivity index (χ3v) is 5.21. The number of carbonyl (C=O) groups excluding carboxylic acids is 1. The molecule has 0 saturated carbocycles. The third kappa shape index (κ3) is 4.45. The van der Waals surface area contributed by atoms with Crippen molar-refractivity contribution in [1.29, 1.82) is 0 Å². The average Bonchev–Trinajstić information content (AvgIpc) is 2.63. The van der Waals surface area contributed by atoms with Crippen LogP contribution < -0.4 is 5.32 Å². The van der Waals surface area contributed by atoms with Gasteiger partial charge in [0.25, 0.3) is 0 Å². The second-order valence-electron chi connectivity index (χ2n) is 5.54. The van der Waals surface area contributed by atoms with Gasteiger partial charge in [0.2, 0.25) is 5.91 Å². The highest BCUT2D eigenvalue weighted by molar-refractivity contribution is 7.91. The standard InChI is InChI=1S/C13H26N2O3S/c1-5-12-14-11(9-10(3)4)13(16)15(12)7-8-19(17,18)6-2/h10-12,14H,5-9H2,1-4H3. The fourth-order valence-electron chi connectivity index (χ4n) is 2.37. The van der Waals surface area contributed by atoms with Crippen molar-refractivity contribution in [3.63, 3.8) is 0 Å². The molecule has 1 aliphatic rings. The van der Waals surface area contributed by atoms with Crippen molar-refractivity contribution in [2.24, 2.45) is 5.92 Å². The zero-order valence-electron chi connectivity index (χ0n) is 12.3. The predicted molar refractivity (Wildman–Crippen MR) is 76.5 cm³/mol. The van der Waals surface area contributed by atoms with Crippen LogP contribution in [0.3, 0.4) is 0 Å². The Kier molecular flexibility index (Phi) is 5.80. The molecule has 0 bridgehead atoms. The summed E-state index contributed by atoms with van der Waals surface area (Å²) in [6, 6.07) is -0.158. The summed E-state index contributed by atoms with van der Waals surface area (Å²) < 4.78 is 23.1. The molecule has 1 fully saturated rings. The minimum atomic E-state index is -3.02. The highest BCUT2D eigenvalue weighted by atomic mass is 32.2. The van der Waals surface area contributed by atoms with Crippen LogP contribution in [0.15, 0.2) is 0 Å². The van der Waals surface area contributed by atoms with Gasteiger partial charge in [-0.1, -0.05) is 27.7 Å². The fourth-order valence-corrected chi connectivity index (χ4v) is 3.14. The molecule has 1 heterocycles. The van der Waals surface area contributed by atoms with Crippen LogP contribution >= 0.6 is 0 Å². The normalized spacial score (nSPS) is 24.5. The van der Waals surface area contributed by atoms with Crippen LogP contribution in [0.4, 0.5) is 0 Å². The molecule has 1 amide bonds. The Bertz CT molecular complexity index is 406. The number of hydrogen-bond acceptors (Lipinski definition) is 4. The fraction of sp³-hybridized carbons (Fsp3) is 0.923. The van der Waals surface area contributed by atoms with E-state index in [1.807, 2.05) is 6.92 Å². The first kappa shape index (κ1) is 16.4. The van der Waals surface area contributed by atoms with Gasteiger partial charge in [-0.05, 0) is 18.8 Å². The number of rotatable bonds is 7. The quantitative estimate of drug-likeness (QED) is 0.760. The van der Waals surface area contributed by atoms with E-state index in [9.17, 15) is 13.2 Å². The lowest BCUT2D eigenvalue weighted by molar-refractivity contribution is -0.130. The van der Waals surface area contributed by atoms with Gasteiger partial charge >= 0.3 is 0 Å². The van der Waals surface area contributed by atoms with E-state index in [4.69, 9.17) is 0 Å². The van der Waals surface area contributed by atoms with Gasteiger partial charge < -0.3 is 4.90 Å². The van der Waals surface area contributed by atoms with Crippen molar-refractivity contribution in [3.05, 3.63) is 0 Å². The molecular formula is C13H26N2O3S. The van der Waals surface area contributed by atoms with Gasteiger partial charge in [-0.15, -0.1) is 0 Å². The van der Waals surface area contributed by atoms with Crippen LogP contribution in [0.25, 0.3) is 0 Å². The number of nitrogens with zero attached hydrogens (tertiary/aromatic N) is 1. The van der Waals surface area contributed by atoms with E-state index in [0.717, 1.165) is 12.8 Å². The second-order valence-corrected chi connectivity index (χ2v) is 8.01. The molecule has 1 N–H and O–H groups in total. The Hall–Kier alpha value is -0.620. The maximum Gasteiger partial charge on any atom is 0.241 e. The average molecular weight is 290 g/mol. The first-order valence-electron chi connectivity index (χ1n) is 7.07. The summed E-state index contributed by atoms with van der Waals surface area (Å²) in [6.07, 6.45) is 1.57. The lowest BCUT2D eigenvalue weighted by atomic mass is 10.0. The van der Waals surface area contributed by atoms with Crippen LogP contribution in [0.2, 0.25) is 0 Å². The Morgan fingerprint density at radius 3 is 2.42 bits per heavy atom. The van der Waals surface area contributed by atoms with Crippen molar-refractivity contribution in [2.45, 2.75) is 52.7 Å². The van der Waals surface area contributed by atoms with Gasteiger partial charge in [0.15, 0.2) is 9.84 Å². The number of sulfone groups is 1. The summed E-state index contributed by atoms with van der Waals surface area (Å²) in [5, 5.41) is 3.31. The van der Waals surface area contributed by atoms with E-state index in [1.165, 1.54) is 0 Å². The van der Waals surface area contributed by atoms with Gasteiger partial charge in [-0.3, -0.25) is 10.1 Å². The topological polar surface area (TPSA) is 66.5 Å². The molecule has 19 heavy (non-hydrogen) atoms. The lowest BCUT2D eigenvalue weighted by Gasteiger charge is -2.22. The molecule has 0 aromatic carbocycles. The van der Waals surface area contributed by atoms with Crippen LogP contribution in [0.5, 0.6) is 0 Å². The molecule has 0 aliphatic carbocycles. The Labute approximate surface area is 116 Å². The maximum atomic E-state index is 12.3. The summed E-state index contributed by atoms with van der Waals surface area (Å²) in [5.74, 6) is 0.682. The molecule has 1 rings (SSSR count). The SMILES string of the molecule is CCC1NC(CC(C)C)C(=O)N1CCS(=O)(=O)CC. The number of hydrogen-bond donors (Lipinski definition) is 1. The molecule has 112 valence electrons. The van der Waals surface area contributed by atoms with Gasteiger partial charge in [-0.2, -0.15) is 0 Å². The number of nitrogens with one attached hydrogen (secondary N) is 1. The summed E-state index contributed by atoms with van der Waals surface area (Å²) in [7, 11) is -3.02. The first-order chi connectivity index (χ1) is 8.80. The highest BCUT2D eigenvalue weighted by Gasteiger charge is 2.37. The molecule has 6 heteroatoms. The van der Waals surface area contributed by atoms with Crippen LogP contribution in [-0.2, 0) is 14.6 Å². The highest BCUT2D eigenvalue weighted by Crippen LogP contribution is 2.18. The molecule has 5 nitrogen and oxygen atoms in total. The summed E-state index contributed by atoms with van der Waals surface area (Å²) in [5.41, 5.74) is 0. The Balaban J connectivity index is 2.68.